The number of imidazole rings is 1. The molecular weight excluding hydrogens is 350 g/mol. The maximum atomic E-state index is 12.6. The Morgan fingerprint density at radius 3 is 2.65 bits per heavy atom. The number of carbonyl (C=O) groups excluding carboxylic acids is 1. The van der Waals surface area contributed by atoms with Crippen LogP contribution in [0.1, 0.15) is 23.2 Å². The highest BCUT2D eigenvalue weighted by atomic mass is 35.5. The Bertz CT molecular complexity index is 915. The number of amides is 1. The van der Waals surface area contributed by atoms with Crippen LogP contribution in [0.15, 0.2) is 42.6 Å². The molecule has 1 amide bonds. The van der Waals surface area contributed by atoms with E-state index in [9.17, 15) is 4.79 Å². The number of pyridine rings is 1. The Balaban J connectivity index is 1.59. The van der Waals surface area contributed by atoms with Crippen LogP contribution in [0.25, 0.3) is 11.2 Å². The summed E-state index contributed by atoms with van der Waals surface area (Å²) in [5, 5.41) is 3.52. The van der Waals surface area contributed by atoms with Crippen LogP contribution in [-0.2, 0) is 6.54 Å². The zero-order valence-corrected chi connectivity index (χ0v) is 15.1. The first-order valence-corrected chi connectivity index (χ1v) is 9.19. The van der Waals surface area contributed by atoms with E-state index in [1.54, 1.807) is 30.5 Å². The van der Waals surface area contributed by atoms with E-state index in [-0.39, 0.29) is 5.91 Å². The first-order valence-electron chi connectivity index (χ1n) is 8.81. The Kier molecular flexibility index (Phi) is 4.86. The lowest BCUT2D eigenvalue weighted by Gasteiger charge is -2.16. The second-order valence-electron chi connectivity index (χ2n) is 6.44. The lowest BCUT2D eigenvalue weighted by molar-refractivity contribution is 0.102. The van der Waals surface area contributed by atoms with Crippen molar-refractivity contribution in [3.63, 3.8) is 0 Å². The van der Waals surface area contributed by atoms with Crippen molar-refractivity contribution < 1.29 is 4.79 Å². The molecule has 0 spiro atoms. The van der Waals surface area contributed by atoms with Gasteiger partial charge in [0, 0.05) is 29.9 Å². The summed E-state index contributed by atoms with van der Waals surface area (Å²) < 4.78 is 1.99. The second-order valence-corrected chi connectivity index (χ2v) is 6.88. The molecule has 7 heteroatoms. The van der Waals surface area contributed by atoms with Crippen LogP contribution >= 0.6 is 11.6 Å². The summed E-state index contributed by atoms with van der Waals surface area (Å²) in [6.07, 6.45) is 4.26. The van der Waals surface area contributed by atoms with Crippen molar-refractivity contribution in [2.24, 2.45) is 0 Å². The third kappa shape index (κ3) is 3.57. The van der Waals surface area contributed by atoms with E-state index >= 15 is 0 Å². The number of nitrogens with zero attached hydrogens (tertiary/aromatic N) is 4. The number of nitrogens with one attached hydrogen (secondary N) is 1. The standard InChI is InChI=1S/C19H20ClN5O/c20-15-7-5-14(6-8-15)18(26)23-19-22-16-4-3-9-21-17(16)25(19)13-12-24-10-1-2-11-24/h3-9H,1-2,10-13H2,(H,22,23,26). The summed E-state index contributed by atoms with van der Waals surface area (Å²) in [6, 6.07) is 10.6. The molecule has 26 heavy (non-hydrogen) atoms. The fourth-order valence-corrected chi connectivity index (χ4v) is 3.41. The molecule has 3 heterocycles. The first-order chi connectivity index (χ1) is 12.7. The largest absolute Gasteiger partial charge is 0.302 e. The van der Waals surface area contributed by atoms with Gasteiger partial charge in [-0.05, 0) is 62.3 Å². The number of anilines is 1. The van der Waals surface area contributed by atoms with Gasteiger partial charge in [-0.25, -0.2) is 9.97 Å². The molecule has 1 aliphatic rings. The predicted molar refractivity (Wildman–Crippen MR) is 103 cm³/mol. The van der Waals surface area contributed by atoms with E-state index in [1.807, 2.05) is 16.7 Å². The summed E-state index contributed by atoms with van der Waals surface area (Å²) in [7, 11) is 0. The zero-order valence-electron chi connectivity index (χ0n) is 14.4. The molecule has 134 valence electrons. The smallest absolute Gasteiger partial charge is 0.257 e. The van der Waals surface area contributed by atoms with E-state index in [0.717, 1.165) is 37.3 Å². The first kappa shape index (κ1) is 17.0. The van der Waals surface area contributed by atoms with E-state index in [2.05, 4.69) is 20.2 Å². The molecule has 1 N–H and O–H groups in total. The Hall–Kier alpha value is -2.44. The van der Waals surface area contributed by atoms with Gasteiger partial charge in [0.05, 0.1) is 0 Å². The Morgan fingerprint density at radius 2 is 1.88 bits per heavy atom. The molecule has 0 radical (unpaired) electrons. The van der Waals surface area contributed by atoms with Crippen molar-refractivity contribution in [2.75, 3.05) is 25.0 Å². The number of benzene rings is 1. The minimum Gasteiger partial charge on any atom is -0.302 e. The van der Waals surface area contributed by atoms with Gasteiger partial charge in [0.2, 0.25) is 5.95 Å². The van der Waals surface area contributed by atoms with Gasteiger partial charge in [-0.1, -0.05) is 11.6 Å². The quantitative estimate of drug-likeness (QED) is 0.748. The van der Waals surface area contributed by atoms with Crippen LogP contribution in [-0.4, -0.2) is 45.0 Å². The lowest BCUT2D eigenvalue weighted by atomic mass is 10.2. The van der Waals surface area contributed by atoms with E-state index in [0.29, 0.717) is 16.5 Å². The molecule has 0 bridgehead atoms. The average molecular weight is 370 g/mol. The fourth-order valence-electron chi connectivity index (χ4n) is 3.29. The number of carbonyl (C=O) groups is 1. The van der Waals surface area contributed by atoms with Crippen LogP contribution in [0, 0.1) is 0 Å². The summed E-state index contributed by atoms with van der Waals surface area (Å²) in [5.74, 6) is 0.317. The van der Waals surface area contributed by atoms with Gasteiger partial charge in [-0.2, -0.15) is 0 Å². The van der Waals surface area contributed by atoms with Gasteiger partial charge in [0.15, 0.2) is 5.65 Å². The molecule has 3 aromatic rings. The van der Waals surface area contributed by atoms with Crippen molar-refractivity contribution in [3.05, 3.63) is 53.2 Å². The van der Waals surface area contributed by atoms with Crippen LogP contribution in [0.3, 0.4) is 0 Å². The van der Waals surface area contributed by atoms with Crippen LogP contribution < -0.4 is 5.32 Å². The van der Waals surface area contributed by atoms with Gasteiger partial charge in [-0.3, -0.25) is 14.7 Å². The number of fused-ring (bicyclic) bond motifs is 1. The molecular formula is C19H20ClN5O. The average Bonchev–Trinajstić information content (AvgIpc) is 3.28. The predicted octanol–water partition coefficient (Wildman–Crippen LogP) is 3.43. The molecule has 2 aromatic heterocycles. The SMILES string of the molecule is O=C(Nc1nc2cccnc2n1CCN1CCCC1)c1ccc(Cl)cc1. The van der Waals surface area contributed by atoms with Gasteiger partial charge < -0.3 is 4.90 Å². The number of hydrogen-bond donors (Lipinski definition) is 1. The van der Waals surface area contributed by atoms with Gasteiger partial charge in [0.1, 0.15) is 5.52 Å². The summed E-state index contributed by atoms with van der Waals surface area (Å²) >= 11 is 5.90. The summed E-state index contributed by atoms with van der Waals surface area (Å²) in [5.41, 5.74) is 2.11. The van der Waals surface area contributed by atoms with Crippen LogP contribution in [0.2, 0.25) is 5.02 Å². The number of aromatic nitrogens is 3. The molecule has 0 unspecified atom stereocenters. The number of halogens is 1. The van der Waals surface area contributed by atoms with Crippen molar-refractivity contribution in [3.8, 4) is 0 Å². The van der Waals surface area contributed by atoms with Crippen molar-refractivity contribution in [1.82, 2.24) is 19.4 Å². The van der Waals surface area contributed by atoms with Gasteiger partial charge in [-0.15, -0.1) is 0 Å². The fraction of sp³-hybridized carbons (Fsp3) is 0.316. The third-order valence-corrected chi connectivity index (χ3v) is 4.93. The molecule has 1 fully saturated rings. The van der Waals surface area contributed by atoms with Gasteiger partial charge >= 0.3 is 0 Å². The highest BCUT2D eigenvalue weighted by molar-refractivity contribution is 6.30. The lowest BCUT2D eigenvalue weighted by Crippen LogP contribution is -2.25. The molecule has 6 nitrogen and oxygen atoms in total. The highest BCUT2D eigenvalue weighted by Crippen LogP contribution is 2.19. The molecule has 0 aliphatic carbocycles. The van der Waals surface area contributed by atoms with Gasteiger partial charge in [0.25, 0.3) is 5.91 Å². The minimum absolute atomic E-state index is 0.209. The van der Waals surface area contributed by atoms with Crippen LogP contribution in [0.5, 0.6) is 0 Å². The normalized spacial score (nSPS) is 14.8. The molecule has 1 aliphatic heterocycles. The molecule has 1 saturated heterocycles. The van der Waals surface area contributed by atoms with Crippen molar-refractivity contribution >= 4 is 34.6 Å². The number of hydrogen-bond acceptors (Lipinski definition) is 4. The van der Waals surface area contributed by atoms with E-state index in [1.165, 1.54) is 12.8 Å². The summed E-state index contributed by atoms with van der Waals surface area (Å²) in [4.78, 5) is 24.0. The van der Waals surface area contributed by atoms with E-state index in [4.69, 9.17) is 11.6 Å². The zero-order chi connectivity index (χ0) is 17.9. The van der Waals surface area contributed by atoms with Crippen molar-refractivity contribution in [1.29, 1.82) is 0 Å². The second kappa shape index (κ2) is 7.43. The molecule has 1 aromatic carbocycles. The minimum atomic E-state index is -0.209. The van der Waals surface area contributed by atoms with Crippen LogP contribution in [0.4, 0.5) is 5.95 Å². The molecule has 0 atom stereocenters. The maximum absolute atomic E-state index is 12.6. The number of rotatable bonds is 5. The Labute approximate surface area is 156 Å². The molecule has 4 rings (SSSR count). The number of likely N-dealkylation sites (tertiary alicyclic amines) is 1. The third-order valence-electron chi connectivity index (χ3n) is 4.67. The highest BCUT2D eigenvalue weighted by Gasteiger charge is 2.17. The monoisotopic (exact) mass is 369 g/mol. The van der Waals surface area contributed by atoms with E-state index < -0.39 is 0 Å². The summed E-state index contributed by atoms with van der Waals surface area (Å²) in [6.45, 7) is 3.93. The molecule has 0 saturated carbocycles. The topological polar surface area (TPSA) is 63.1 Å². The Morgan fingerprint density at radius 1 is 1.12 bits per heavy atom. The maximum Gasteiger partial charge on any atom is 0.257 e. The van der Waals surface area contributed by atoms with Crippen molar-refractivity contribution in [2.45, 2.75) is 19.4 Å².